The van der Waals surface area contributed by atoms with E-state index in [0.717, 1.165) is 33.7 Å². The Balaban J connectivity index is 1.24. The predicted molar refractivity (Wildman–Crippen MR) is 177 cm³/mol. The number of aliphatic imine (C=N–C) groups is 1. The summed E-state index contributed by atoms with van der Waals surface area (Å²) in [6.45, 7) is 8.96. The zero-order valence-electron chi connectivity index (χ0n) is 25.2. The lowest BCUT2D eigenvalue weighted by atomic mass is 9.67. The van der Waals surface area contributed by atoms with E-state index in [2.05, 4.69) is 76.2 Å². The summed E-state index contributed by atoms with van der Waals surface area (Å²) in [6, 6.07) is 37.4. The Morgan fingerprint density at radius 1 is 0.500 bits per heavy atom. The summed E-state index contributed by atoms with van der Waals surface area (Å²) >= 11 is 0. The molecule has 0 radical (unpaired) electrons. The van der Waals surface area contributed by atoms with Crippen molar-refractivity contribution in [1.82, 2.24) is 19.9 Å². The third kappa shape index (κ3) is 4.04. The van der Waals surface area contributed by atoms with Crippen molar-refractivity contribution >= 4 is 5.71 Å². The molecule has 0 saturated carbocycles. The highest BCUT2D eigenvalue weighted by Crippen LogP contribution is 2.50. The minimum Gasteiger partial charge on any atom is -0.273 e. The summed E-state index contributed by atoms with van der Waals surface area (Å²) in [5.41, 5.74) is 11.7. The molecule has 5 heteroatoms. The standard InChI is InChI=1S/C39H31N5/c1-38(2)32-28(16-11-17-29(32)33-31-30(39(3,4)44-33)22-23-40-34(31)38)24-18-20-27(21-19-24)37-42-35(25-12-7-5-8-13-25)41-36(43-37)26-14-9-6-10-15-26/h5-23H,1-4H3. The van der Waals surface area contributed by atoms with Gasteiger partial charge in [0, 0.05) is 39.4 Å². The molecule has 2 aromatic heterocycles. The van der Waals surface area contributed by atoms with Crippen LogP contribution in [0.4, 0.5) is 0 Å². The smallest absolute Gasteiger partial charge is 0.164 e. The fraction of sp³-hybridized carbons (Fsp3) is 0.154. The van der Waals surface area contributed by atoms with Crippen molar-refractivity contribution in [2.24, 2.45) is 4.99 Å². The molecular formula is C39H31N5. The molecule has 0 atom stereocenters. The van der Waals surface area contributed by atoms with Crippen LogP contribution in [-0.2, 0) is 11.0 Å². The molecule has 0 saturated heterocycles. The first-order valence-electron chi connectivity index (χ1n) is 15.0. The number of nitrogens with zero attached hydrogens (tertiary/aromatic N) is 5. The highest BCUT2D eigenvalue weighted by Gasteiger charge is 2.45. The number of benzene rings is 4. The van der Waals surface area contributed by atoms with E-state index in [9.17, 15) is 0 Å². The minimum absolute atomic E-state index is 0.278. The topological polar surface area (TPSA) is 63.9 Å². The van der Waals surface area contributed by atoms with E-state index >= 15 is 0 Å². The van der Waals surface area contributed by atoms with Crippen LogP contribution in [0.25, 0.3) is 45.3 Å². The SMILES string of the molecule is CC1(C)N=C2c3cccc(-c4ccc(-c5nc(-c6ccccc6)nc(-c6ccccc6)n5)cc4)c3C(C)(C)c3nccc1c32. The van der Waals surface area contributed by atoms with Gasteiger partial charge in [-0.1, -0.05) is 117 Å². The van der Waals surface area contributed by atoms with Crippen molar-refractivity contribution in [1.29, 1.82) is 0 Å². The van der Waals surface area contributed by atoms with E-state index in [0.29, 0.717) is 17.5 Å². The lowest BCUT2D eigenvalue weighted by Crippen LogP contribution is -2.32. The van der Waals surface area contributed by atoms with Crippen LogP contribution in [-0.4, -0.2) is 25.6 Å². The van der Waals surface area contributed by atoms with Crippen LogP contribution in [0.15, 0.2) is 120 Å². The van der Waals surface area contributed by atoms with Crippen molar-refractivity contribution < 1.29 is 0 Å². The second-order valence-electron chi connectivity index (χ2n) is 12.6. The van der Waals surface area contributed by atoms with Gasteiger partial charge in [0.2, 0.25) is 0 Å². The number of hydrogen-bond acceptors (Lipinski definition) is 5. The average Bonchev–Trinajstić information content (AvgIpc) is 3.35. The average molecular weight is 570 g/mol. The zero-order chi connectivity index (χ0) is 30.1. The van der Waals surface area contributed by atoms with Gasteiger partial charge in [-0.2, -0.15) is 0 Å². The molecule has 0 spiro atoms. The third-order valence-corrected chi connectivity index (χ3v) is 8.93. The molecule has 212 valence electrons. The van der Waals surface area contributed by atoms with Crippen LogP contribution in [0.1, 0.15) is 55.6 Å². The van der Waals surface area contributed by atoms with Gasteiger partial charge in [-0.05, 0) is 42.2 Å². The van der Waals surface area contributed by atoms with Crippen LogP contribution in [0.3, 0.4) is 0 Å². The molecule has 0 fully saturated rings. The molecule has 6 aromatic rings. The first-order chi connectivity index (χ1) is 21.3. The van der Waals surface area contributed by atoms with Crippen molar-refractivity contribution in [2.45, 2.75) is 38.6 Å². The van der Waals surface area contributed by atoms with E-state index in [4.69, 9.17) is 24.9 Å². The lowest BCUT2D eigenvalue weighted by Gasteiger charge is -2.36. The number of hydrogen-bond donors (Lipinski definition) is 0. The lowest BCUT2D eigenvalue weighted by molar-refractivity contribution is 0.567. The fourth-order valence-corrected chi connectivity index (χ4v) is 6.79. The highest BCUT2D eigenvalue weighted by molar-refractivity contribution is 6.20. The molecule has 4 aromatic carbocycles. The molecule has 8 rings (SSSR count). The van der Waals surface area contributed by atoms with E-state index in [1.807, 2.05) is 66.9 Å². The van der Waals surface area contributed by atoms with Crippen LogP contribution in [0.2, 0.25) is 0 Å². The summed E-state index contributed by atoms with van der Waals surface area (Å²) in [5, 5.41) is 0. The molecule has 5 nitrogen and oxygen atoms in total. The maximum atomic E-state index is 5.24. The van der Waals surface area contributed by atoms with Crippen molar-refractivity contribution in [2.75, 3.05) is 0 Å². The third-order valence-electron chi connectivity index (χ3n) is 8.93. The van der Waals surface area contributed by atoms with Gasteiger partial charge in [0.15, 0.2) is 17.5 Å². The Morgan fingerprint density at radius 3 is 1.61 bits per heavy atom. The maximum absolute atomic E-state index is 5.24. The summed E-state index contributed by atoms with van der Waals surface area (Å²) in [6.07, 6.45) is 1.95. The molecule has 0 unspecified atom stereocenters. The quantitative estimate of drug-likeness (QED) is 0.213. The van der Waals surface area contributed by atoms with Gasteiger partial charge in [0.1, 0.15) is 0 Å². The van der Waals surface area contributed by atoms with E-state index in [1.165, 1.54) is 27.8 Å². The first-order valence-corrected chi connectivity index (χ1v) is 15.0. The Kier molecular flexibility index (Phi) is 5.76. The van der Waals surface area contributed by atoms with Gasteiger partial charge in [0.25, 0.3) is 0 Å². The van der Waals surface area contributed by atoms with Gasteiger partial charge >= 0.3 is 0 Å². The summed E-state index contributed by atoms with van der Waals surface area (Å²) in [4.78, 5) is 24.8. The monoisotopic (exact) mass is 569 g/mol. The predicted octanol–water partition coefficient (Wildman–Crippen LogP) is 8.66. The number of fused-ring (bicyclic) bond motifs is 2. The highest BCUT2D eigenvalue weighted by atomic mass is 15.0. The number of aromatic nitrogens is 4. The molecule has 44 heavy (non-hydrogen) atoms. The number of rotatable bonds is 4. The number of pyridine rings is 1. The molecule has 1 aliphatic carbocycles. The zero-order valence-corrected chi connectivity index (χ0v) is 25.2. The molecular weight excluding hydrogens is 538 g/mol. The summed E-state index contributed by atoms with van der Waals surface area (Å²) in [7, 11) is 0. The second-order valence-corrected chi connectivity index (χ2v) is 12.6. The van der Waals surface area contributed by atoms with Crippen molar-refractivity contribution in [3.05, 3.63) is 143 Å². The second kappa shape index (κ2) is 9.61. The van der Waals surface area contributed by atoms with Crippen LogP contribution in [0, 0.1) is 0 Å². The fourth-order valence-electron chi connectivity index (χ4n) is 6.79. The van der Waals surface area contributed by atoms with Crippen molar-refractivity contribution in [3.8, 4) is 45.3 Å². The van der Waals surface area contributed by atoms with E-state index < -0.39 is 0 Å². The van der Waals surface area contributed by atoms with Gasteiger partial charge in [-0.3, -0.25) is 9.98 Å². The van der Waals surface area contributed by atoms with E-state index in [-0.39, 0.29) is 11.0 Å². The largest absolute Gasteiger partial charge is 0.273 e. The maximum Gasteiger partial charge on any atom is 0.164 e. The molecule has 3 heterocycles. The van der Waals surface area contributed by atoms with Gasteiger partial charge in [-0.25, -0.2) is 15.0 Å². The molecule has 1 aliphatic heterocycles. The van der Waals surface area contributed by atoms with Gasteiger partial charge in [-0.15, -0.1) is 0 Å². The van der Waals surface area contributed by atoms with Crippen LogP contribution < -0.4 is 0 Å². The first kappa shape index (κ1) is 26.3. The van der Waals surface area contributed by atoms with Gasteiger partial charge in [0.05, 0.1) is 16.9 Å². The Labute approximate surface area is 257 Å². The molecule has 0 N–H and O–H groups in total. The Morgan fingerprint density at radius 2 is 1.02 bits per heavy atom. The summed E-state index contributed by atoms with van der Waals surface area (Å²) < 4.78 is 0. The van der Waals surface area contributed by atoms with Crippen LogP contribution >= 0.6 is 0 Å². The Hall–Kier alpha value is -5.29. The molecule has 0 bridgehead atoms. The van der Waals surface area contributed by atoms with Gasteiger partial charge < -0.3 is 0 Å². The Bertz CT molecular complexity index is 2040. The van der Waals surface area contributed by atoms with E-state index in [1.54, 1.807) is 0 Å². The molecule has 0 amide bonds. The summed E-state index contributed by atoms with van der Waals surface area (Å²) in [5.74, 6) is 1.96. The normalized spacial score (nSPS) is 15.3. The molecule has 2 aliphatic rings. The minimum atomic E-state index is -0.293. The van der Waals surface area contributed by atoms with Crippen molar-refractivity contribution in [3.63, 3.8) is 0 Å². The van der Waals surface area contributed by atoms with Crippen LogP contribution in [0.5, 0.6) is 0 Å².